The zero-order valence-electron chi connectivity index (χ0n) is 12.4. The first-order valence-electron chi connectivity index (χ1n) is 6.88. The summed E-state index contributed by atoms with van der Waals surface area (Å²) in [5, 5.41) is 2.99. The summed E-state index contributed by atoms with van der Waals surface area (Å²) in [6.45, 7) is 0.112. The molecule has 6 heteroatoms. The Morgan fingerprint density at radius 3 is 2.57 bits per heavy atom. The Morgan fingerprint density at radius 1 is 1.09 bits per heavy atom. The summed E-state index contributed by atoms with van der Waals surface area (Å²) in [4.78, 5) is 12.2. The maximum Gasteiger partial charge on any atom is 0.339 e. The average molecular weight is 346 g/mol. The second-order valence-corrected chi connectivity index (χ2v) is 8.00. The first-order valence-corrected chi connectivity index (χ1v) is 9.65. The van der Waals surface area contributed by atoms with Crippen molar-refractivity contribution in [2.24, 2.45) is 0 Å². The van der Waals surface area contributed by atoms with Crippen molar-refractivity contribution in [2.45, 2.75) is 11.5 Å². The van der Waals surface area contributed by atoms with Gasteiger partial charge in [-0.2, -0.15) is 0 Å². The lowest BCUT2D eigenvalue weighted by molar-refractivity contribution is 0.0470. The number of fused-ring (bicyclic) bond motifs is 1. The van der Waals surface area contributed by atoms with Crippen LogP contribution in [0.15, 0.2) is 58.8 Å². The maximum absolute atomic E-state index is 12.3. The van der Waals surface area contributed by atoms with Crippen LogP contribution in [0.5, 0.6) is 0 Å². The van der Waals surface area contributed by atoms with E-state index in [1.807, 2.05) is 29.6 Å². The summed E-state index contributed by atoms with van der Waals surface area (Å²) < 4.78 is 30.0. The van der Waals surface area contributed by atoms with Gasteiger partial charge in [-0.05, 0) is 29.0 Å². The fraction of sp³-hybridized carbons (Fsp3) is 0.118. The van der Waals surface area contributed by atoms with E-state index in [-0.39, 0.29) is 17.1 Å². The number of hydrogen-bond donors (Lipinski definition) is 0. The van der Waals surface area contributed by atoms with Crippen molar-refractivity contribution in [1.29, 1.82) is 0 Å². The molecule has 3 rings (SSSR count). The molecule has 0 fully saturated rings. The maximum atomic E-state index is 12.3. The Kier molecular flexibility index (Phi) is 4.19. The van der Waals surface area contributed by atoms with E-state index in [0.717, 1.165) is 21.9 Å². The molecule has 0 aliphatic heterocycles. The van der Waals surface area contributed by atoms with Gasteiger partial charge in [0.2, 0.25) is 0 Å². The number of rotatable bonds is 4. The lowest BCUT2D eigenvalue weighted by atomic mass is 10.2. The van der Waals surface area contributed by atoms with E-state index in [1.54, 1.807) is 23.5 Å². The van der Waals surface area contributed by atoms with Crippen LogP contribution in [0.1, 0.15) is 15.9 Å². The van der Waals surface area contributed by atoms with Crippen molar-refractivity contribution < 1.29 is 17.9 Å². The molecule has 0 spiro atoms. The van der Waals surface area contributed by atoms with E-state index >= 15 is 0 Å². The summed E-state index contributed by atoms with van der Waals surface area (Å²) in [6, 6.07) is 13.9. The van der Waals surface area contributed by atoms with Crippen LogP contribution >= 0.6 is 11.3 Å². The van der Waals surface area contributed by atoms with Gasteiger partial charge < -0.3 is 4.74 Å². The lowest BCUT2D eigenvalue weighted by Crippen LogP contribution is -2.11. The number of hydrogen-bond acceptors (Lipinski definition) is 5. The fourth-order valence-electron chi connectivity index (χ4n) is 2.32. The Hall–Kier alpha value is -2.18. The van der Waals surface area contributed by atoms with E-state index in [1.165, 1.54) is 12.1 Å². The van der Waals surface area contributed by atoms with Crippen molar-refractivity contribution in [3.63, 3.8) is 0 Å². The number of benzene rings is 2. The van der Waals surface area contributed by atoms with Crippen LogP contribution in [-0.4, -0.2) is 20.6 Å². The number of sulfone groups is 1. The van der Waals surface area contributed by atoms with Crippen LogP contribution in [-0.2, 0) is 21.2 Å². The van der Waals surface area contributed by atoms with E-state index < -0.39 is 15.8 Å². The molecule has 0 amide bonds. The number of thiophene rings is 1. The molecule has 4 nitrogen and oxygen atoms in total. The number of ether oxygens (including phenoxy) is 1. The molecule has 0 atom stereocenters. The molecule has 118 valence electrons. The van der Waals surface area contributed by atoms with Gasteiger partial charge in [0.25, 0.3) is 0 Å². The molecule has 1 heterocycles. The van der Waals surface area contributed by atoms with Gasteiger partial charge in [0.1, 0.15) is 6.61 Å². The molecule has 2 aromatic carbocycles. The van der Waals surface area contributed by atoms with Gasteiger partial charge in [-0.15, -0.1) is 11.3 Å². The minimum Gasteiger partial charge on any atom is -0.457 e. The summed E-state index contributed by atoms with van der Waals surface area (Å²) in [5.41, 5.74) is 0.977. The van der Waals surface area contributed by atoms with Crippen molar-refractivity contribution >= 4 is 37.2 Å². The number of esters is 1. The Bertz CT molecular complexity index is 971. The minimum absolute atomic E-state index is 0.0137. The van der Waals surface area contributed by atoms with Gasteiger partial charge in [0, 0.05) is 16.5 Å². The predicted octanol–water partition coefficient (Wildman–Crippen LogP) is 3.66. The summed E-state index contributed by atoms with van der Waals surface area (Å²) in [6.07, 6.45) is 1.07. The average Bonchev–Trinajstić information content (AvgIpc) is 2.95. The molecule has 0 bridgehead atoms. The molecule has 0 saturated carbocycles. The highest BCUT2D eigenvalue weighted by atomic mass is 32.2. The molecule has 0 aliphatic rings. The summed E-state index contributed by atoms with van der Waals surface area (Å²) >= 11 is 1.58. The Balaban J connectivity index is 1.83. The summed E-state index contributed by atoms with van der Waals surface area (Å²) in [7, 11) is -3.48. The number of carbonyl (C=O) groups is 1. The van der Waals surface area contributed by atoms with Gasteiger partial charge in [0.05, 0.1) is 10.5 Å². The molecule has 3 aromatic rings. The van der Waals surface area contributed by atoms with E-state index in [9.17, 15) is 13.2 Å². The van der Waals surface area contributed by atoms with Crippen LogP contribution < -0.4 is 0 Å². The molecule has 0 radical (unpaired) electrons. The molecule has 23 heavy (non-hydrogen) atoms. The third-order valence-corrected chi connectivity index (χ3v) is 5.59. The standard InChI is InChI=1S/C17H14O4S2/c1-23(19,20)16-9-5-3-7-14(16)17(18)21-10-12-11-22-15-8-4-2-6-13(12)15/h2-9,11H,10H2,1H3. The molecule has 0 unspecified atom stereocenters. The molecular formula is C17H14O4S2. The third kappa shape index (κ3) is 3.28. The van der Waals surface area contributed by atoms with Crippen LogP contribution in [0.3, 0.4) is 0 Å². The molecule has 0 aliphatic carbocycles. The van der Waals surface area contributed by atoms with E-state index in [4.69, 9.17) is 4.74 Å². The molecule has 0 N–H and O–H groups in total. The second-order valence-electron chi connectivity index (χ2n) is 5.10. The largest absolute Gasteiger partial charge is 0.457 e. The minimum atomic E-state index is -3.48. The first-order chi connectivity index (χ1) is 11.0. The molecule has 0 saturated heterocycles. The predicted molar refractivity (Wildman–Crippen MR) is 90.5 cm³/mol. The zero-order chi connectivity index (χ0) is 16.4. The van der Waals surface area contributed by atoms with Crippen LogP contribution in [0.4, 0.5) is 0 Å². The van der Waals surface area contributed by atoms with Crippen molar-refractivity contribution in [2.75, 3.05) is 6.26 Å². The van der Waals surface area contributed by atoms with Crippen LogP contribution in [0.2, 0.25) is 0 Å². The van der Waals surface area contributed by atoms with Gasteiger partial charge >= 0.3 is 5.97 Å². The molecule has 1 aromatic heterocycles. The SMILES string of the molecule is CS(=O)(=O)c1ccccc1C(=O)OCc1csc2ccccc12. The van der Waals surface area contributed by atoms with Crippen LogP contribution in [0, 0.1) is 0 Å². The van der Waals surface area contributed by atoms with Crippen LogP contribution in [0.25, 0.3) is 10.1 Å². The fourth-order valence-corrected chi connectivity index (χ4v) is 4.15. The van der Waals surface area contributed by atoms with Crippen molar-refractivity contribution in [3.8, 4) is 0 Å². The van der Waals surface area contributed by atoms with E-state index in [0.29, 0.717) is 0 Å². The lowest BCUT2D eigenvalue weighted by Gasteiger charge is -2.08. The Labute approximate surface area is 138 Å². The van der Waals surface area contributed by atoms with Gasteiger partial charge in [0.15, 0.2) is 9.84 Å². The quantitative estimate of drug-likeness (QED) is 0.677. The van der Waals surface area contributed by atoms with Gasteiger partial charge in [-0.25, -0.2) is 13.2 Å². The highest BCUT2D eigenvalue weighted by Crippen LogP contribution is 2.26. The normalized spacial score (nSPS) is 11.5. The van der Waals surface area contributed by atoms with Crippen molar-refractivity contribution in [3.05, 3.63) is 65.0 Å². The molecular weight excluding hydrogens is 332 g/mol. The highest BCUT2D eigenvalue weighted by Gasteiger charge is 2.19. The second kappa shape index (κ2) is 6.14. The highest BCUT2D eigenvalue weighted by molar-refractivity contribution is 7.90. The third-order valence-electron chi connectivity index (χ3n) is 3.43. The van der Waals surface area contributed by atoms with Gasteiger partial charge in [-0.3, -0.25) is 0 Å². The van der Waals surface area contributed by atoms with Crippen molar-refractivity contribution in [1.82, 2.24) is 0 Å². The topological polar surface area (TPSA) is 60.4 Å². The first kappa shape index (κ1) is 15.7. The van der Waals surface area contributed by atoms with Gasteiger partial charge in [-0.1, -0.05) is 30.3 Å². The Morgan fingerprint density at radius 2 is 1.78 bits per heavy atom. The smallest absolute Gasteiger partial charge is 0.339 e. The zero-order valence-corrected chi connectivity index (χ0v) is 14.0. The summed E-state index contributed by atoms with van der Waals surface area (Å²) in [5.74, 6) is -0.638. The number of carbonyl (C=O) groups excluding carboxylic acids is 1. The monoisotopic (exact) mass is 346 g/mol. The van der Waals surface area contributed by atoms with E-state index in [2.05, 4.69) is 0 Å².